The van der Waals surface area contributed by atoms with Crippen molar-refractivity contribution in [2.45, 2.75) is 78.8 Å². The fourth-order valence-electron chi connectivity index (χ4n) is 5.65. The highest BCUT2D eigenvalue weighted by atomic mass is 15.2. The Morgan fingerprint density at radius 1 is 1.00 bits per heavy atom. The zero-order valence-corrected chi connectivity index (χ0v) is 19.0. The van der Waals surface area contributed by atoms with Gasteiger partial charge in [0.15, 0.2) is 0 Å². The second-order valence-corrected chi connectivity index (χ2v) is 9.73. The lowest BCUT2D eigenvalue weighted by Gasteiger charge is -2.37. The van der Waals surface area contributed by atoms with Gasteiger partial charge in [0, 0.05) is 17.9 Å². The van der Waals surface area contributed by atoms with Crippen LogP contribution in [0, 0.1) is 25.7 Å². The third kappa shape index (κ3) is 3.97. The quantitative estimate of drug-likeness (QED) is 0.499. The van der Waals surface area contributed by atoms with Crippen LogP contribution in [0.5, 0.6) is 0 Å². The Morgan fingerprint density at radius 3 is 2.34 bits per heavy atom. The molecule has 3 atom stereocenters. The van der Waals surface area contributed by atoms with Crippen molar-refractivity contribution in [3.63, 3.8) is 0 Å². The summed E-state index contributed by atoms with van der Waals surface area (Å²) >= 11 is 0. The van der Waals surface area contributed by atoms with Gasteiger partial charge in [0.2, 0.25) is 0 Å². The summed E-state index contributed by atoms with van der Waals surface area (Å²) in [5.74, 6) is 1.64. The summed E-state index contributed by atoms with van der Waals surface area (Å²) in [6.45, 7) is 12.9. The Balaban J connectivity index is 1.77. The van der Waals surface area contributed by atoms with Crippen molar-refractivity contribution in [2.24, 2.45) is 11.8 Å². The predicted molar refractivity (Wildman–Crippen MR) is 124 cm³/mol. The van der Waals surface area contributed by atoms with Gasteiger partial charge in [-0.15, -0.1) is 0 Å². The van der Waals surface area contributed by atoms with Gasteiger partial charge in [-0.1, -0.05) is 43.7 Å². The van der Waals surface area contributed by atoms with Crippen molar-refractivity contribution in [1.82, 2.24) is 9.47 Å². The molecule has 3 unspecified atom stereocenters. The fraction of sp³-hybridized carbons (Fsp3) is 0.556. The van der Waals surface area contributed by atoms with E-state index >= 15 is 0 Å². The Labute approximate surface area is 177 Å². The number of aromatic nitrogens is 1. The molecule has 2 aromatic rings. The minimum absolute atomic E-state index is 0.412. The van der Waals surface area contributed by atoms with E-state index < -0.39 is 0 Å². The molecule has 1 aromatic heterocycles. The third-order valence-corrected chi connectivity index (χ3v) is 7.46. The molecule has 1 aliphatic carbocycles. The first kappa shape index (κ1) is 20.5. The molecule has 2 nitrogen and oxygen atoms in total. The second kappa shape index (κ2) is 8.52. The summed E-state index contributed by atoms with van der Waals surface area (Å²) in [5.41, 5.74) is 7.18. The van der Waals surface area contributed by atoms with Crippen LogP contribution in [0.2, 0.25) is 0 Å². The molecule has 1 aliphatic heterocycles. The van der Waals surface area contributed by atoms with Crippen molar-refractivity contribution in [3.8, 4) is 5.69 Å². The summed E-state index contributed by atoms with van der Waals surface area (Å²) in [7, 11) is 0. The Morgan fingerprint density at radius 2 is 1.76 bits per heavy atom. The Hall–Kier alpha value is -1.80. The second-order valence-electron chi connectivity index (χ2n) is 9.73. The van der Waals surface area contributed by atoms with Gasteiger partial charge in [-0.3, -0.25) is 4.90 Å². The largest absolute Gasteiger partial charge is 0.318 e. The standard InChI is InChI=1S/C27H38N2/c1-19(2)23-13-15-24(16-14-23)27(28-17-7-11-22(28)5)25-12-8-18-29(25)26-20(3)9-6-10-21(26)4/h6,8-10,12,15,18-19,22-23,27H,7,11,13-14,16-17H2,1-5H3. The van der Waals surface area contributed by atoms with E-state index in [-0.39, 0.29) is 0 Å². The fourth-order valence-corrected chi connectivity index (χ4v) is 5.65. The van der Waals surface area contributed by atoms with Gasteiger partial charge in [0.25, 0.3) is 0 Å². The van der Waals surface area contributed by atoms with E-state index in [0.717, 1.165) is 11.8 Å². The first-order chi connectivity index (χ1) is 14.0. The van der Waals surface area contributed by atoms with E-state index in [2.05, 4.69) is 86.7 Å². The number of hydrogen-bond donors (Lipinski definition) is 0. The zero-order chi connectivity index (χ0) is 20.5. The van der Waals surface area contributed by atoms with Crippen molar-refractivity contribution < 1.29 is 0 Å². The molecule has 1 fully saturated rings. The van der Waals surface area contributed by atoms with Crippen molar-refractivity contribution in [3.05, 3.63) is 65.0 Å². The summed E-state index contributed by atoms with van der Waals surface area (Å²) in [6.07, 6.45) is 11.4. The smallest absolute Gasteiger partial charge is 0.0721 e. The average molecular weight is 391 g/mol. The molecule has 156 valence electrons. The van der Waals surface area contributed by atoms with Crippen LogP contribution >= 0.6 is 0 Å². The average Bonchev–Trinajstić information content (AvgIpc) is 3.33. The molecule has 1 saturated heterocycles. The van der Waals surface area contributed by atoms with Crippen LogP contribution in [0.1, 0.15) is 75.7 Å². The van der Waals surface area contributed by atoms with Crippen LogP contribution in [0.15, 0.2) is 48.2 Å². The molecular weight excluding hydrogens is 352 g/mol. The van der Waals surface area contributed by atoms with E-state index in [1.54, 1.807) is 5.57 Å². The van der Waals surface area contributed by atoms with Gasteiger partial charge in [-0.05, 0) is 94.5 Å². The van der Waals surface area contributed by atoms with Crippen LogP contribution in [0.4, 0.5) is 0 Å². The predicted octanol–water partition coefficient (Wildman–Crippen LogP) is 7.00. The van der Waals surface area contributed by atoms with E-state index in [9.17, 15) is 0 Å². The molecular formula is C27H38N2. The molecule has 0 amide bonds. The molecule has 0 N–H and O–H groups in total. The molecule has 0 spiro atoms. The number of para-hydroxylation sites is 1. The van der Waals surface area contributed by atoms with Gasteiger partial charge < -0.3 is 4.57 Å². The Kier molecular flexibility index (Phi) is 6.01. The van der Waals surface area contributed by atoms with Crippen LogP contribution in [0.25, 0.3) is 5.69 Å². The molecule has 2 aliphatic rings. The van der Waals surface area contributed by atoms with Crippen molar-refractivity contribution in [1.29, 1.82) is 0 Å². The highest BCUT2D eigenvalue weighted by Crippen LogP contribution is 2.42. The van der Waals surface area contributed by atoms with E-state index in [1.807, 2.05) is 0 Å². The Bertz CT molecular complexity index is 852. The van der Waals surface area contributed by atoms with Crippen LogP contribution in [-0.2, 0) is 0 Å². The number of rotatable bonds is 5. The lowest BCUT2D eigenvalue weighted by molar-refractivity contribution is 0.201. The van der Waals surface area contributed by atoms with Gasteiger partial charge in [0.05, 0.1) is 11.7 Å². The molecule has 0 radical (unpaired) electrons. The van der Waals surface area contributed by atoms with Gasteiger partial charge in [0.1, 0.15) is 0 Å². The highest BCUT2D eigenvalue weighted by molar-refractivity contribution is 5.49. The van der Waals surface area contributed by atoms with E-state index in [4.69, 9.17) is 0 Å². The minimum atomic E-state index is 0.412. The van der Waals surface area contributed by atoms with Gasteiger partial charge >= 0.3 is 0 Å². The molecule has 4 rings (SSSR count). The first-order valence-corrected chi connectivity index (χ1v) is 11.7. The molecule has 2 heteroatoms. The van der Waals surface area contributed by atoms with Crippen molar-refractivity contribution in [2.75, 3.05) is 6.54 Å². The molecule has 0 bridgehead atoms. The maximum absolute atomic E-state index is 2.78. The number of likely N-dealkylation sites (tertiary alicyclic amines) is 1. The molecule has 0 saturated carbocycles. The number of allylic oxidation sites excluding steroid dienone is 1. The minimum Gasteiger partial charge on any atom is -0.318 e. The monoisotopic (exact) mass is 390 g/mol. The normalized spacial score (nSPS) is 24.1. The molecule has 2 heterocycles. The number of aryl methyl sites for hydroxylation is 2. The van der Waals surface area contributed by atoms with E-state index in [0.29, 0.717) is 12.1 Å². The van der Waals surface area contributed by atoms with Crippen molar-refractivity contribution >= 4 is 0 Å². The lowest BCUT2D eigenvalue weighted by atomic mass is 9.80. The van der Waals surface area contributed by atoms with E-state index in [1.165, 1.54) is 61.2 Å². The maximum atomic E-state index is 2.78. The van der Waals surface area contributed by atoms with Crippen LogP contribution < -0.4 is 0 Å². The zero-order valence-electron chi connectivity index (χ0n) is 19.0. The lowest BCUT2D eigenvalue weighted by Crippen LogP contribution is -2.35. The van der Waals surface area contributed by atoms with Gasteiger partial charge in [-0.2, -0.15) is 0 Å². The van der Waals surface area contributed by atoms with Crippen LogP contribution in [0.3, 0.4) is 0 Å². The topological polar surface area (TPSA) is 8.17 Å². The number of benzene rings is 1. The highest BCUT2D eigenvalue weighted by Gasteiger charge is 2.34. The molecule has 29 heavy (non-hydrogen) atoms. The first-order valence-electron chi connectivity index (χ1n) is 11.7. The summed E-state index contributed by atoms with van der Waals surface area (Å²) in [6, 6.07) is 12.3. The van der Waals surface area contributed by atoms with Crippen LogP contribution in [-0.4, -0.2) is 22.1 Å². The summed E-state index contributed by atoms with van der Waals surface area (Å²) in [4.78, 5) is 2.78. The summed E-state index contributed by atoms with van der Waals surface area (Å²) < 4.78 is 2.48. The summed E-state index contributed by atoms with van der Waals surface area (Å²) in [5, 5.41) is 0. The SMILES string of the molecule is Cc1cccc(C)c1-n1cccc1C(C1=CCC(C(C)C)CC1)N1CCCC1C. The third-order valence-electron chi connectivity index (χ3n) is 7.46. The maximum Gasteiger partial charge on any atom is 0.0721 e. The van der Waals surface area contributed by atoms with Gasteiger partial charge in [-0.25, -0.2) is 0 Å². The number of nitrogens with zero attached hydrogens (tertiary/aromatic N) is 2. The molecule has 1 aromatic carbocycles. The number of hydrogen-bond acceptors (Lipinski definition) is 1.